The average molecular weight is 191 g/mol. The predicted molar refractivity (Wildman–Crippen MR) is 47.1 cm³/mol. The summed E-state index contributed by atoms with van der Waals surface area (Å²) in [6.45, 7) is 3.69. The molecule has 0 aromatic rings. The molecule has 0 saturated carbocycles. The van der Waals surface area contributed by atoms with Gasteiger partial charge in [-0.15, -0.1) is 11.8 Å². The van der Waals surface area contributed by atoms with Gasteiger partial charge < -0.3 is 10.2 Å². The standard InChI is InChI=1S/C7H13NO3S/c1-7(2)5(6(10)11)8-4(3-9)12-7/h4-5,8-9H,3H2,1-2H3,(H,10,11)/t4?,5-/m0/s1. The van der Waals surface area contributed by atoms with Crippen LogP contribution in [-0.2, 0) is 4.79 Å². The van der Waals surface area contributed by atoms with Crippen LogP contribution in [-0.4, -0.2) is 39.0 Å². The molecule has 4 nitrogen and oxygen atoms in total. The summed E-state index contributed by atoms with van der Waals surface area (Å²) < 4.78 is -0.348. The van der Waals surface area contributed by atoms with Crippen molar-refractivity contribution in [2.75, 3.05) is 6.61 Å². The molecule has 0 bridgehead atoms. The maximum Gasteiger partial charge on any atom is 0.322 e. The van der Waals surface area contributed by atoms with E-state index in [1.165, 1.54) is 11.8 Å². The third-order valence-corrected chi connectivity index (χ3v) is 3.32. The Morgan fingerprint density at radius 3 is 2.50 bits per heavy atom. The van der Waals surface area contributed by atoms with Gasteiger partial charge in [-0.05, 0) is 13.8 Å². The molecule has 1 rings (SSSR count). The monoisotopic (exact) mass is 191 g/mol. The Hall–Kier alpha value is -0.260. The zero-order valence-corrected chi connectivity index (χ0v) is 7.89. The van der Waals surface area contributed by atoms with E-state index in [1.807, 2.05) is 13.8 Å². The first-order chi connectivity index (χ1) is 5.47. The smallest absolute Gasteiger partial charge is 0.322 e. The van der Waals surface area contributed by atoms with Crippen molar-refractivity contribution in [1.29, 1.82) is 0 Å². The number of aliphatic hydroxyl groups is 1. The molecule has 1 saturated heterocycles. The minimum Gasteiger partial charge on any atom is -0.480 e. The van der Waals surface area contributed by atoms with Crippen molar-refractivity contribution in [3.8, 4) is 0 Å². The number of carboxylic acids is 1. The summed E-state index contributed by atoms with van der Waals surface area (Å²) in [4.78, 5) is 10.7. The molecule has 0 radical (unpaired) electrons. The van der Waals surface area contributed by atoms with Crippen molar-refractivity contribution >= 4 is 17.7 Å². The molecule has 70 valence electrons. The maximum absolute atomic E-state index is 10.7. The van der Waals surface area contributed by atoms with Crippen LogP contribution in [0.4, 0.5) is 0 Å². The molecule has 1 fully saturated rings. The molecule has 1 unspecified atom stereocenters. The maximum atomic E-state index is 10.7. The lowest BCUT2D eigenvalue weighted by Gasteiger charge is -2.20. The summed E-state index contributed by atoms with van der Waals surface area (Å²) in [5.74, 6) is -0.858. The summed E-state index contributed by atoms with van der Waals surface area (Å²) in [6.07, 6.45) is 0. The van der Waals surface area contributed by atoms with Crippen molar-refractivity contribution in [3.05, 3.63) is 0 Å². The summed E-state index contributed by atoms with van der Waals surface area (Å²) in [5, 5.41) is 20.3. The van der Waals surface area contributed by atoms with Gasteiger partial charge in [-0.3, -0.25) is 10.1 Å². The Morgan fingerprint density at radius 1 is 1.67 bits per heavy atom. The lowest BCUT2D eigenvalue weighted by molar-refractivity contribution is -0.139. The van der Waals surface area contributed by atoms with Gasteiger partial charge in [-0.2, -0.15) is 0 Å². The van der Waals surface area contributed by atoms with Crippen LogP contribution >= 0.6 is 11.8 Å². The van der Waals surface area contributed by atoms with Gasteiger partial charge in [0.25, 0.3) is 0 Å². The molecule has 0 spiro atoms. The van der Waals surface area contributed by atoms with E-state index in [4.69, 9.17) is 10.2 Å². The number of aliphatic hydroxyl groups excluding tert-OH is 1. The van der Waals surface area contributed by atoms with Gasteiger partial charge in [0.05, 0.1) is 12.0 Å². The Kier molecular flexibility index (Phi) is 2.65. The lowest BCUT2D eigenvalue weighted by Crippen LogP contribution is -2.45. The van der Waals surface area contributed by atoms with Crippen molar-refractivity contribution in [2.45, 2.75) is 30.0 Å². The number of hydrogen-bond donors (Lipinski definition) is 3. The molecule has 0 aromatic heterocycles. The molecule has 1 heterocycles. The number of aliphatic carboxylic acids is 1. The van der Waals surface area contributed by atoms with Crippen LogP contribution in [0.3, 0.4) is 0 Å². The zero-order valence-electron chi connectivity index (χ0n) is 7.07. The second-order valence-electron chi connectivity index (χ2n) is 3.33. The van der Waals surface area contributed by atoms with E-state index < -0.39 is 12.0 Å². The highest BCUT2D eigenvalue weighted by Crippen LogP contribution is 2.37. The van der Waals surface area contributed by atoms with Crippen molar-refractivity contribution in [2.24, 2.45) is 0 Å². The second kappa shape index (κ2) is 3.24. The fourth-order valence-electron chi connectivity index (χ4n) is 1.31. The molecule has 5 heteroatoms. The van der Waals surface area contributed by atoms with Crippen LogP contribution in [0.2, 0.25) is 0 Å². The third-order valence-electron chi connectivity index (χ3n) is 1.91. The van der Waals surface area contributed by atoms with E-state index in [0.29, 0.717) is 0 Å². The van der Waals surface area contributed by atoms with Crippen LogP contribution in [0.5, 0.6) is 0 Å². The topological polar surface area (TPSA) is 69.6 Å². The van der Waals surface area contributed by atoms with Gasteiger partial charge in [0.1, 0.15) is 6.04 Å². The molecule has 2 atom stereocenters. The summed E-state index contributed by atoms with van der Waals surface area (Å²) >= 11 is 1.46. The minimum absolute atomic E-state index is 0.0299. The number of nitrogens with one attached hydrogen (secondary N) is 1. The molecular formula is C7H13NO3S. The highest BCUT2D eigenvalue weighted by atomic mass is 32.2. The van der Waals surface area contributed by atoms with Gasteiger partial charge in [-0.25, -0.2) is 0 Å². The molecule has 0 aromatic carbocycles. The van der Waals surface area contributed by atoms with E-state index in [9.17, 15) is 4.79 Å². The summed E-state index contributed by atoms with van der Waals surface area (Å²) in [5.41, 5.74) is 0. The Balaban J connectivity index is 2.70. The third kappa shape index (κ3) is 1.73. The molecule has 12 heavy (non-hydrogen) atoms. The van der Waals surface area contributed by atoms with Gasteiger partial charge in [0, 0.05) is 4.75 Å². The van der Waals surface area contributed by atoms with Crippen molar-refractivity contribution < 1.29 is 15.0 Å². The molecule has 3 N–H and O–H groups in total. The van der Waals surface area contributed by atoms with Gasteiger partial charge in [-0.1, -0.05) is 0 Å². The fourth-order valence-corrected chi connectivity index (χ4v) is 2.63. The second-order valence-corrected chi connectivity index (χ2v) is 5.19. The first-order valence-corrected chi connectivity index (χ1v) is 4.63. The van der Waals surface area contributed by atoms with E-state index >= 15 is 0 Å². The van der Waals surface area contributed by atoms with E-state index in [0.717, 1.165) is 0 Å². The van der Waals surface area contributed by atoms with Crippen LogP contribution in [0, 0.1) is 0 Å². The predicted octanol–water partition coefficient (Wildman–Crippen LogP) is -0.127. The van der Waals surface area contributed by atoms with E-state index in [1.54, 1.807) is 0 Å². The normalized spacial score (nSPS) is 33.6. The number of rotatable bonds is 2. The largest absolute Gasteiger partial charge is 0.480 e. The van der Waals surface area contributed by atoms with Gasteiger partial charge in [0.15, 0.2) is 0 Å². The van der Waals surface area contributed by atoms with Crippen molar-refractivity contribution in [3.63, 3.8) is 0 Å². The molecule has 0 aliphatic carbocycles. The fraction of sp³-hybridized carbons (Fsp3) is 0.857. The Bertz CT molecular complexity index is 195. The summed E-state index contributed by atoms with van der Waals surface area (Å²) in [7, 11) is 0. The average Bonchev–Trinajstić information content (AvgIpc) is 2.25. The molecule has 0 amide bonds. The number of carboxylic acid groups (broad SMARTS) is 1. The summed E-state index contributed by atoms with van der Waals surface area (Å²) in [6, 6.07) is -0.570. The highest BCUT2D eigenvalue weighted by molar-refractivity contribution is 8.01. The van der Waals surface area contributed by atoms with Crippen LogP contribution in [0.15, 0.2) is 0 Å². The van der Waals surface area contributed by atoms with Gasteiger partial charge in [0.2, 0.25) is 0 Å². The molecule has 1 aliphatic rings. The Labute approximate surface area is 75.3 Å². The zero-order chi connectivity index (χ0) is 9.35. The first-order valence-electron chi connectivity index (χ1n) is 3.75. The van der Waals surface area contributed by atoms with Crippen molar-refractivity contribution in [1.82, 2.24) is 5.32 Å². The van der Waals surface area contributed by atoms with E-state index in [-0.39, 0.29) is 16.7 Å². The van der Waals surface area contributed by atoms with Crippen LogP contribution in [0.1, 0.15) is 13.8 Å². The SMILES string of the molecule is CC1(C)SC(CO)N[C@H]1C(=O)O. The highest BCUT2D eigenvalue weighted by Gasteiger charge is 2.44. The van der Waals surface area contributed by atoms with E-state index in [2.05, 4.69) is 5.32 Å². The Morgan fingerprint density at radius 2 is 2.25 bits per heavy atom. The lowest BCUT2D eigenvalue weighted by atomic mass is 10.0. The van der Waals surface area contributed by atoms with Crippen LogP contribution < -0.4 is 5.32 Å². The van der Waals surface area contributed by atoms with Gasteiger partial charge >= 0.3 is 5.97 Å². The quantitative estimate of drug-likeness (QED) is 0.567. The number of carbonyl (C=O) groups is 1. The van der Waals surface area contributed by atoms with Crippen LogP contribution in [0.25, 0.3) is 0 Å². The first kappa shape index (κ1) is 9.83. The number of hydrogen-bond acceptors (Lipinski definition) is 4. The minimum atomic E-state index is -0.858. The molecular weight excluding hydrogens is 178 g/mol. The number of thioether (sulfide) groups is 1. The molecule has 1 aliphatic heterocycles.